The van der Waals surface area contributed by atoms with Gasteiger partial charge in [0.2, 0.25) is 0 Å². The van der Waals surface area contributed by atoms with Crippen molar-refractivity contribution in [3.8, 4) is 5.75 Å². The average molecular weight is 368 g/mol. The van der Waals surface area contributed by atoms with Crippen molar-refractivity contribution in [3.05, 3.63) is 27.2 Å². The smallest absolute Gasteiger partial charge is 0.344 e. The van der Waals surface area contributed by atoms with E-state index in [1.54, 1.807) is 0 Å². The Morgan fingerprint density at radius 2 is 1.64 bits per heavy atom. The molecule has 22 heavy (non-hydrogen) atoms. The van der Waals surface area contributed by atoms with Crippen LogP contribution in [0.2, 0.25) is 15.1 Å². The number of halogens is 3. The molecule has 1 aromatic rings. The van der Waals surface area contributed by atoms with Crippen molar-refractivity contribution >= 4 is 40.8 Å². The van der Waals surface area contributed by atoms with Crippen molar-refractivity contribution in [2.45, 2.75) is 58.0 Å². The highest BCUT2D eigenvalue weighted by atomic mass is 35.5. The molecular weight excluding hydrogens is 347 g/mol. The second-order valence-electron chi connectivity index (χ2n) is 5.20. The van der Waals surface area contributed by atoms with Gasteiger partial charge in [-0.05, 0) is 18.9 Å². The predicted molar refractivity (Wildman–Crippen MR) is 91.5 cm³/mol. The fourth-order valence-corrected chi connectivity index (χ4v) is 2.67. The summed E-state index contributed by atoms with van der Waals surface area (Å²) in [5.41, 5.74) is 0. The van der Waals surface area contributed by atoms with Crippen LogP contribution in [0.5, 0.6) is 5.75 Å². The van der Waals surface area contributed by atoms with Gasteiger partial charge in [0.15, 0.2) is 6.10 Å². The van der Waals surface area contributed by atoms with Gasteiger partial charge in [0.25, 0.3) is 0 Å². The van der Waals surface area contributed by atoms with E-state index in [4.69, 9.17) is 39.5 Å². The lowest BCUT2D eigenvalue weighted by Crippen LogP contribution is -2.27. The third kappa shape index (κ3) is 6.64. The lowest BCUT2D eigenvalue weighted by molar-refractivity contribution is -0.145. The van der Waals surface area contributed by atoms with Crippen molar-refractivity contribution in [1.29, 1.82) is 0 Å². The van der Waals surface area contributed by atoms with Crippen LogP contribution in [-0.2, 0) is 4.79 Å². The van der Waals surface area contributed by atoms with Gasteiger partial charge in [-0.3, -0.25) is 0 Å². The number of aliphatic carboxylic acids is 1. The van der Waals surface area contributed by atoms with E-state index < -0.39 is 12.1 Å². The molecule has 0 amide bonds. The number of hydrogen-bond acceptors (Lipinski definition) is 2. The number of unbranched alkanes of at least 4 members (excludes halogenated alkanes) is 5. The molecule has 0 aliphatic rings. The summed E-state index contributed by atoms with van der Waals surface area (Å²) in [6, 6.07) is 2.90. The number of rotatable bonds is 10. The molecule has 0 saturated heterocycles. The summed E-state index contributed by atoms with van der Waals surface area (Å²) in [5.74, 6) is -0.759. The van der Waals surface area contributed by atoms with Crippen molar-refractivity contribution < 1.29 is 14.6 Å². The Kier molecular flexibility index (Phi) is 8.99. The largest absolute Gasteiger partial charge is 0.479 e. The monoisotopic (exact) mass is 366 g/mol. The van der Waals surface area contributed by atoms with Crippen LogP contribution < -0.4 is 4.74 Å². The predicted octanol–water partition coefficient (Wildman–Crippen LogP) is 6.23. The van der Waals surface area contributed by atoms with Gasteiger partial charge in [0, 0.05) is 6.07 Å². The van der Waals surface area contributed by atoms with E-state index in [1.807, 2.05) is 0 Å². The lowest BCUT2D eigenvalue weighted by atomic mass is 10.1. The minimum atomic E-state index is -1.00. The average Bonchev–Trinajstić information content (AvgIpc) is 2.46. The van der Waals surface area contributed by atoms with Crippen molar-refractivity contribution in [2.75, 3.05) is 0 Å². The summed E-state index contributed by atoms with van der Waals surface area (Å²) in [7, 11) is 0. The molecule has 0 saturated carbocycles. The molecule has 0 bridgehead atoms. The quantitative estimate of drug-likeness (QED) is 0.394. The maximum atomic E-state index is 11.3. The van der Waals surface area contributed by atoms with Gasteiger partial charge in [-0.1, -0.05) is 73.8 Å². The molecule has 1 aromatic carbocycles. The van der Waals surface area contributed by atoms with Gasteiger partial charge in [-0.2, -0.15) is 0 Å². The third-order valence-corrected chi connectivity index (χ3v) is 4.36. The zero-order valence-corrected chi connectivity index (χ0v) is 14.8. The molecular formula is C16H21Cl3O3. The number of ether oxygens (including phenoxy) is 1. The van der Waals surface area contributed by atoms with Gasteiger partial charge >= 0.3 is 5.97 Å². The Morgan fingerprint density at radius 1 is 1.05 bits per heavy atom. The maximum Gasteiger partial charge on any atom is 0.344 e. The number of carbonyl (C=O) groups is 1. The van der Waals surface area contributed by atoms with E-state index >= 15 is 0 Å². The minimum Gasteiger partial charge on any atom is -0.479 e. The second-order valence-corrected chi connectivity index (χ2v) is 6.42. The summed E-state index contributed by atoms with van der Waals surface area (Å²) < 4.78 is 5.50. The first-order chi connectivity index (χ1) is 10.5. The number of carboxylic acids is 1. The molecule has 0 fully saturated rings. The summed E-state index contributed by atoms with van der Waals surface area (Å²) >= 11 is 17.8. The Morgan fingerprint density at radius 3 is 2.27 bits per heavy atom. The zero-order valence-electron chi connectivity index (χ0n) is 12.6. The van der Waals surface area contributed by atoms with Crippen LogP contribution in [0.15, 0.2) is 12.1 Å². The van der Waals surface area contributed by atoms with E-state index in [2.05, 4.69) is 6.92 Å². The van der Waals surface area contributed by atoms with E-state index in [1.165, 1.54) is 31.4 Å². The van der Waals surface area contributed by atoms with Gasteiger partial charge in [0.1, 0.15) is 5.75 Å². The summed E-state index contributed by atoms with van der Waals surface area (Å²) in [6.07, 6.45) is 6.04. The van der Waals surface area contributed by atoms with Crippen LogP contribution in [0.1, 0.15) is 51.9 Å². The molecule has 0 aromatic heterocycles. The normalized spacial score (nSPS) is 12.2. The lowest BCUT2D eigenvalue weighted by Gasteiger charge is -2.16. The van der Waals surface area contributed by atoms with Crippen LogP contribution in [-0.4, -0.2) is 17.2 Å². The molecule has 0 radical (unpaired) electrons. The van der Waals surface area contributed by atoms with Crippen LogP contribution in [0, 0.1) is 0 Å². The summed E-state index contributed by atoms with van der Waals surface area (Å²) in [5, 5.41) is 10.1. The van der Waals surface area contributed by atoms with Crippen molar-refractivity contribution in [1.82, 2.24) is 0 Å². The highest BCUT2D eigenvalue weighted by Crippen LogP contribution is 2.34. The Bertz CT molecular complexity index is 492. The summed E-state index contributed by atoms with van der Waals surface area (Å²) in [4.78, 5) is 11.3. The fraction of sp³-hybridized carbons (Fsp3) is 0.562. The molecule has 0 heterocycles. The molecule has 0 aliphatic heterocycles. The molecule has 0 aliphatic carbocycles. The Balaban J connectivity index is 2.54. The molecule has 1 unspecified atom stereocenters. The van der Waals surface area contributed by atoms with Crippen LogP contribution >= 0.6 is 34.8 Å². The zero-order chi connectivity index (χ0) is 16.5. The van der Waals surface area contributed by atoms with Gasteiger partial charge < -0.3 is 9.84 Å². The highest BCUT2D eigenvalue weighted by Gasteiger charge is 2.20. The van der Waals surface area contributed by atoms with Crippen LogP contribution in [0.4, 0.5) is 0 Å². The first-order valence-corrected chi connectivity index (χ1v) is 8.63. The first-order valence-electron chi connectivity index (χ1n) is 7.49. The fourth-order valence-electron chi connectivity index (χ4n) is 2.09. The molecule has 1 rings (SSSR count). The van der Waals surface area contributed by atoms with E-state index in [9.17, 15) is 9.90 Å². The van der Waals surface area contributed by atoms with Gasteiger partial charge in [-0.15, -0.1) is 0 Å². The number of benzene rings is 1. The van der Waals surface area contributed by atoms with E-state index in [0.717, 1.165) is 19.3 Å². The maximum absolute atomic E-state index is 11.3. The molecule has 1 atom stereocenters. The molecule has 3 nitrogen and oxygen atoms in total. The van der Waals surface area contributed by atoms with Crippen LogP contribution in [0.3, 0.4) is 0 Å². The molecule has 0 spiro atoms. The highest BCUT2D eigenvalue weighted by molar-refractivity contribution is 6.43. The molecule has 1 N–H and O–H groups in total. The molecule has 124 valence electrons. The third-order valence-electron chi connectivity index (χ3n) is 3.34. The molecule has 6 heteroatoms. The second kappa shape index (κ2) is 10.2. The summed E-state index contributed by atoms with van der Waals surface area (Å²) in [6.45, 7) is 2.16. The van der Waals surface area contributed by atoms with E-state index in [0.29, 0.717) is 11.4 Å². The van der Waals surface area contributed by atoms with Crippen molar-refractivity contribution in [2.24, 2.45) is 0 Å². The van der Waals surface area contributed by atoms with Gasteiger partial charge in [0.05, 0.1) is 15.1 Å². The Labute approximate surface area is 146 Å². The first kappa shape index (κ1) is 19.4. The minimum absolute atomic E-state index is 0.245. The van der Waals surface area contributed by atoms with Gasteiger partial charge in [-0.25, -0.2) is 4.79 Å². The van der Waals surface area contributed by atoms with Crippen LogP contribution in [0.25, 0.3) is 0 Å². The SMILES string of the molecule is CCCCCCCCC(Oc1cc(Cl)c(Cl)cc1Cl)C(=O)O. The Hall–Kier alpha value is -0.640. The number of hydrogen-bond donors (Lipinski definition) is 1. The standard InChI is InChI=1S/C16H21Cl3O3/c1-2-3-4-5-6-7-8-14(16(20)21)22-15-10-12(18)11(17)9-13(15)19/h9-10,14H,2-8H2,1H3,(H,20,21). The van der Waals surface area contributed by atoms with E-state index in [-0.39, 0.29) is 15.8 Å². The number of carboxylic acid groups (broad SMARTS) is 1. The topological polar surface area (TPSA) is 46.5 Å². The van der Waals surface area contributed by atoms with Crippen molar-refractivity contribution in [3.63, 3.8) is 0 Å².